The lowest BCUT2D eigenvalue weighted by Crippen LogP contribution is -2.36. The van der Waals surface area contributed by atoms with E-state index in [1.165, 1.54) is 18.4 Å². The SMILES string of the molecule is CN=C(NCc1ccccc1S(=O)(=O)N(C)C)NCc1sc(C)nc1C. The van der Waals surface area contributed by atoms with Crippen molar-refractivity contribution in [1.29, 1.82) is 0 Å². The van der Waals surface area contributed by atoms with Gasteiger partial charge in [0.1, 0.15) is 0 Å². The second-order valence-electron chi connectivity index (χ2n) is 5.92. The predicted octanol–water partition coefficient (Wildman–Crippen LogP) is 1.88. The molecule has 26 heavy (non-hydrogen) atoms. The number of aryl methyl sites for hydroxylation is 2. The summed E-state index contributed by atoms with van der Waals surface area (Å²) in [6.45, 7) is 4.94. The second-order valence-corrected chi connectivity index (χ2v) is 9.32. The molecular formula is C17H25N5O2S2. The Labute approximate surface area is 159 Å². The molecule has 0 bridgehead atoms. The molecule has 2 rings (SSSR count). The molecule has 0 amide bonds. The summed E-state index contributed by atoms with van der Waals surface area (Å²) in [4.78, 5) is 10.1. The van der Waals surface area contributed by atoms with Gasteiger partial charge in [-0.05, 0) is 25.5 Å². The Morgan fingerprint density at radius 3 is 2.42 bits per heavy atom. The molecule has 0 atom stereocenters. The lowest BCUT2D eigenvalue weighted by atomic mass is 10.2. The minimum absolute atomic E-state index is 0.293. The van der Waals surface area contributed by atoms with E-state index in [2.05, 4.69) is 20.6 Å². The lowest BCUT2D eigenvalue weighted by Gasteiger charge is -2.16. The summed E-state index contributed by atoms with van der Waals surface area (Å²) in [5.41, 5.74) is 1.70. The van der Waals surface area contributed by atoms with Crippen molar-refractivity contribution in [3.8, 4) is 0 Å². The van der Waals surface area contributed by atoms with Crippen LogP contribution in [0.2, 0.25) is 0 Å². The van der Waals surface area contributed by atoms with Crippen LogP contribution < -0.4 is 10.6 Å². The average Bonchev–Trinajstić information content (AvgIpc) is 2.92. The molecule has 0 unspecified atom stereocenters. The van der Waals surface area contributed by atoms with Crippen LogP contribution in [0.3, 0.4) is 0 Å². The molecule has 1 aromatic carbocycles. The average molecular weight is 396 g/mol. The first-order chi connectivity index (χ1) is 12.3. The summed E-state index contributed by atoms with van der Waals surface area (Å²) < 4.78 is 26.1. The number of hydrogen-bond donors (Lipinski definition) is 2. The highest BCUT2D eigenvalue weighted by Crippen LogP contribution is 2.18. The van der Waals surface area contributed by atoms with Gasteiger partial charge in [0, 0.05) is 32.6 Å². The molecule has 2 aromatic rings. The fourth-order valence-electron chi connectivity index (χ4n) is 2.40. The molecule has 0 saturated heterocycles. The van der Waals surface area contributed by atoms with E-state index in [1.54, 1.807) is 36.6 Å². The third kappa shape index (κ3) is 4.80. The van der Waals surface area contributed by atoms with Gasteiger partial charge in [0.25, 0.3) is 0 Å². The van der Waals surface area contributed by atoms with E-state index in [0.29, 0.717) is 29.5 Å². The molecule has 0 radical (unpaired) electrons. The minimum atomic E-state index is -3.49. The summed E-state index contributed by atoms with van der Waals surface area (Å²) >= 11 is 1.65. The first-order valence-corrected chi connectivity index (χ1v) is 10.4. The minimum Gasteiger partial charge on any atom is -0.352 e. The number of sulfonamides is 1. The first-order valence-electron chi connectivity index (χ1n) is 8.13. The van der Waals surface area contributed by atoms with E-state index in [-0.39, 0.29) is 0 Å². The van der Waals surface area contributed by atoms with E-state index in [4.69, 9.17) is 0 Å². The fraction of sp³-hybridized carbons (Fsp3) is 0.412. The highest BCUT2D eigenvalue weighted by atomic mass is 32.2. The van der Waals surface area contributed by atoms with Gasteiger partial charge in [-0.15, -0.1) is 11.3 Å². The molecule has 0 spiro atoms. The maximum atomic E-state index is 12.5. The smallest absolute Gasteiger partial charge is 0.242 e. The third-order valence-corrected chi connectivity index (χ3v) is 6.81. The number of aromatic nitrogens is 1. The monoisotopic (exact) mass is 395 g/mol. The highest BCUT2D eigenvalue weighted by molar-refractivity contribution is 7.89. The molecule has 142 valence electrons. The molecule has 0 aliphatic heterocycles. The number of thiazole rings is 1. The van der Waals surface area contributed by atoms with Crippen molar-refractivity contribution in [2.24, 2.45) is 4.99 Å². The Kier molecular flexibility index (Phi) is 6.74. The Morgan fingerprint density at radius 1 is 1.19 bits per heavy atom. The van der Waals surface area contributed by atoms with Crippen LogP contribution in [0.4, 0.5) is 0 Å². The normalized spacial score (nSPS) is 12.5. The summed E-state index contributed by atoms with van der Waals surface area (Å²) in [5.74, 6) is 0.604. The maximum Gasteiger partial charge on any atom is 0.242 e. The van der Waals surface area contributed by atoms with Crippen molar-refractivity contribution >= 4 is 27.3 Å². The molecule has 2 N–H and O–H groups in total. The van der Waals surface area contributed by atoms with E-state index in [9.17, 15) is 8.42 Å². The van der Waals surface area contributed by atoms with Crippen LogP contribution >= 0.6 is 11.3 Å². The lowest BCUT2D eigenvalue weighted by molar-refractivity contribution is 0.519. The van der Waals surface area contributed by atoms with Crippen molar-refractivity contribution < 1.29 is 8.42 Å². The molecule has 0 saturated carbocycles. The Balaban J connectivity index is 2.06. The zero-order valence-corrected chi connectivity index (χ0v) is 17.3. The molecular weight excluding hydrogens is 370 g/mol. The van der Waals surface area contributed by atoms with Crippen LogP contribution in [-0.4, -0.2) is 44.8 Å². The second kappa shape index (κ2) is 8.61. The largest absolute Gasteiger partial charge is 0.352 e. The fourth-order valence-corrected chi connectivity index (χ4v) is 4.39. The molecule has 0 aliphatic rings. The number of guanidine groups is 1. The summed E-state index contributed by atoms with van der Waals surface area (Å²) in [6.07, 6.45) is 0. The number of benzene rings is 1. The molecule has 1 aromatic heterocycles. The van der Waals surface area contributed by atoms with Gasteiger partial charge in [0.2, 0.25) is 10.0 Å². The first kappa shape index (κ1) is 20.3. The topological polar surface area (TPSA) is 86.7 Å². The number of aliphatic imine (C=N–C) groups is 1. The van der Waals surface area contributed by atoms with Gasteiger partial charge < -0.3 is 10.6 Å². The molecule has 9 heteroatoms. The van der Waals surface area contributed by atoms with Crippen molar-refractivity contribution in [2.45, 2.75) is 31.8 Å². The van der Waals surface area contributed by atoms with Crippen LogP contribution in [0.1, 0.15) is 21.1 Å². The molecule has 0 aliphatic carbocycles. The number of nitrogens with one attached hydrogen (secondary N) is 2. The third-order valence-electron chi connectivity index (χ3n) is 3.82. The van der Waals surface area contributed by atoms with Gasteiger partial charge >= 0.3 is 0 Å². The Morgan fingerprint density at radius 2 is 1.85 bits per heavy atom. The van der Waals surface area contributed by atoms with Crippen LogP contribution in [0.15, 0.2) is 34.2 Å². The van der Waals surface area contributed by atoms with E-state index in [1.807, 2.05) is 19.9 Å². The van der Waals surface area contributed by atoms with Gasteiger partial charge in [-0.2, -0.15) is 0 Å². The van der Waals surface area contributed by atoms with Gasteiger partial charge in [-0.1, -0.05) is 18.2 Å². The zero-order valence-electron chi connectivity index (χ0n) is 15.7. The van der Waals surface area contributed by atoms with Crippen LogP contribution in [0.25, 0.3) is 0 Å². The van der Waals surface area contributed by atoms with Crippen LogP contribution in [0, 0.1) is 13.8 Å². The van der Waals surface area contributed by atoms with Crippen molar-refractivity contribution in [1.82, 2.24) is 19.9 Å². The van der Waals surface area contributed by atoms with Gasteiger partial charge in [0.15, 0.2) is 5.96 Å². The molecule has 0 fully saturated rings. The van der Waals surface area contributed by atoms with E-state index in [0.717, 1.165) is 15.6 Å². The highest BCUT2D eigenvalue weighted by Gasteiger charge is 2.20. The Bertz CT molecular complexity index is 888. The van der Waals surface area contributed by atoms with E-state index >= 15 is 0 Å². The van der Waals surface area contributed by atoms with Gasteiger partial charge in [-0.25, -0.2) is 17.7 Å². The number of nitrogens with zero attached hydrogens (tertiary/aromatic N) is 3. The zero-order chi connectivity index (χ0) is 19.3. The Hall–Kier alpha value is -1.97. The molecule has 1 heterocycles. The summed E-state index contributed by atoms with van der Waals surface area (Å²) in [6, 6.07) is 6.96. The quantitative estimate of drug-likeness (QED) is 0.576. The predicted molar refractivity (Wildman–Crippen MR) is 106 cm³/mol. The van der Waals surface area contributed by atoms with Gasteiger partial charge in [0.05, 0.1) is 22.1 Å². The number of hydrogen-bond acceptors (Lipinski definition) is 5. The standard InChI is InChI=1S/C17H25N5O2S2/c1-12-15(25-13(2)21-12)11-20-17(18-3)19-10-14-8-6-7-9-16(14)26(23,24)22(4)5/h6-9H,10-11H2,1-5H3,(H2,18,19,20). The summed E-state index contributed by atoms with van der Waals surface area (Å²) in [5, 5.41) is 7.45. The number of rotatable bonds is 6. The van der Waals surface area contributed by atoms with Crippen LogP contribution in [-0.2, 0) is 23.1 Å². The van der Waals surface area contributed by atoms with Crippen molar-refractivity contribution in [3.63, 3.8) is 0 Å². The van der Waals surface area contributed by atoms with Crippen molar-refractivity contribution in [3.05, 3.63) is 45.4 Å². The molecule has 7 nitrogen and oxygen atoms in total. The van der Waals surface area contributed by atoms with Crippen molar-refractivity contribution in [2.75, 3.05) is 21.1 Å². The maximum absolute atomic E-state index is 12.5. The van der Waals surface area contributed by atoms with E-state index < -0.39 is 10.0 Å². The van der Waals surface area contributed by atoms with Crippen LogP contribution in [0.5, 0.6) is 0 Å². The summed E-state index contributed by atoms with van der Waals surface area (Å²) in [7, 11) is 1.24. The van der Waals surface area contributed by atoms with Gasteiger partial charge in [-0.3, -0.25) is 4.99 Å².